The third-order valence-corrected chi connectivity index (χ3v) is 4.34. The van der Waals surface area contributed by atoms with Crippen LogP contribution < -0.4 is 10.1 Å². The number of aryl methyl sites for hydroxylation is 1. The van der Waals surface area contributed by atoms with E-state index in [9.17, 15) is 18.0 Å². The van der Waals surface area contributed by atoms with E-state index in [1.54, 1.807) is 12.1 Å². The molecule has 1 fully saturated rings. The fraction of sp³-hybridized carbons (Fsp3) is 0.611. The molecule has 0 unspecified atom stereocenters. The minimum atomic E-state index is -4.73. The molecule has 0 saturated carbocycles. The number of benzene rings is 1. The molecule has 1 aliphatic heterocycles. The lowest BCUT2D eigenvalue weighted by atomic mass is 10.0. The van der Waals surface area contributed by atoms with Crippen LogP contribution in [-0.2, 0) is 11.2 Å². The number of carbonyl (C=O) groups excluding carboxylic acids is 1. The molecule has 26 heavy (non-hydrogen) atoms. The summed E-state index contributed by atoms with van der Waals surface area (Å²) in [5.74, 6) is -0.234. The molecule has 0 spiro atoms. The molecule has 0 atom stereocenters. The SMILES string of the molecule is CCCN(C(=O)CCc1ccccc1OC(F)(F)F)C1CCNCC1.Cl. The monoisotopic (exact) mass is 394 g/mol. The van der Waals surface area contributed by atoms with Crippen LogP contribution in [0.3, 0.4) is 0 Å². The second kappa shape index (κ2) is 10.6. The molecule has 0 aliphatic carbocycles. The number of rotatable bonds is 7. The van der Waals surface area contributed by atoms with Crippen molar-refractivity contribution in [3.05, 3.63) is 29.8 Å². The highest BCUT2D eigenvalue weighted by molar-refractivity contribution is 5.85. The number of alkyl halides is 3. The topological polar surface area (TPSA) is 41.6 Å². The van der Waals surface area contributed by atoms with Gasteiger partial charge in [0.15, 0.2) is 0 Å². The summed E-state index contributed by atoms with van der Waals surface area (Å²) >= 11 is 0. The standard InChI is InChI=1S/C18H25F3N2O2.ClH/c1-2-13-23(15-9-11-22-12-10-15)17(24)8-7-14-5-3-4-6-16(14)25-18(19,20)21;/h3-6,15,22H,2,7-13H2,1H3;1H. The van der Waals surface area contributed by atoms with Gasteiger partial charge >= 0.3 is 6.36 Å². The summed E-state index contributed by atoms with van der Waals surface area (Å²) < 4.78 is 41.5. The third kappa shape index (κ3) is 7.03. The molecule has 0 radical (unpaired) electrons. The Hall–Kier alpha value is -1.47. The van der Waals surface area contributed by atoms with Gasteiger partial charge in [-0.25, -0.2) is 0 Å². The van der Waals surface area contributed by atoms with Crippen molar-refractivity contribution >= 4 is 18.3 Å². The minimum Gasteiger partial charge on any atom is -0.406 e. The Labute approximate surface area is 158 Å². The minimum absolute atomic E-state index is 0. The number of para-hydroxylation sites is 1. The molecule has 0 bridgehead atoms. The van der Waals surface area contributed by atoms with Crippen molar-refractivity contribution in [1.82, 2.24) is 10.2 Å². The zero-order valence-corrected chi connectivity index (χ0v) is 15.7. The first-order chi connectivity index (χ1) is 11.9. The van der Waals surface area contributed by atoms with Crippen LogP contribution in [0.25, 0.3) is 0 Å². The van der Waals surface area contributed by atoms with Crippen LogP contribution in [0.1, 0.15) is 38.2 Å². The molecule has 1 aromatic carbocycles. The van der Waals surface area contributed by atoms with Gasteiger partial charge in [-0.05, 0) is 50.4 Å². The highest BCUT2D eigenvalue weighted by Gasteiger charge is 2.32. The zero-order valence-electron chi connectivity index (χ0n) is 14.8. The first kappa shape index (κ1) is 22.6. The fourth-order valence-corrected chi connectivity index (χ4v) is 3.19. The first-order valence-corrected chi connectivity index (χ1v) is 8.74. The highest BCUT2D eigenvalue weighted by Crippen LogP contribution is 2.27. The van der Waals surface area contributed by atoms with E-state index in [1.165, 1.54) is 12.1 Å². The quantitative estimate of drug-likeness (QED) is 0.761. The Morgan fingerprint density at radius 1 is 1.27 bits per heavy atom. The van der Waals surface area contributed by atoms with Crippen LogP contribution in [-0.4, -0.2) is 42.8 Å². The van der Waals surface area contributed by atoms with Crippen molar-refractivity contribution in [3.63, 3.8) is 0 Å². The van der Waals surface area contributed by atoms with Crippen molar-refractivity contribution in [2.24, 2.45) is 0 Å². The van der Waals surface area contributed by atoms with E-state index in [0.717, 1.165) is 32.4 Å². The first-order valence-electron chi connectivity index (χ1n) is 8.74. The maximum absolute atomic E-state index is 12.6. The molecule has 2 rings (SSSR count). The number of halogens is 4. The molecule has 1 aliphatic rings. The smallest absolute Gasteiger partial charge is 0.406 e. The van der Waals surface area contributed by atoms with E-state index in [2.05, 4.69) is 10.1 Å². The Kier molecular flexibility index (Phi) is 9.22. The number of hydrogen-bond acceptors (Lipinski definition) is 3. The molecule has 1 aromatic rings. The Morgan fingerprint density at radius 2 is 1.92 bits per heavy atom. The normalized spacial score (nSPS) is 15.2. The molecule has 148 valence electrons. The number of nitrogens with one attached hydrogen (secondary N) is 1. The Balaban J connectivity index is 0.00000338. The maximum Gasteiger partial charge on any atom is 0.573 e. The summed E-state index contributed by atoms with van der Waals surface area (Å²) in [5.41, 5.74) is 0.398. The van der Waals surface area contributed by atoms with Gasteiger partial charge in [0, 0.05) is 19.0 Å². The summed E-state index contributed by atoms with van der Waals surface area (Å²) in [5, 5.41) is 3.28. The summed E-state index contributed by atoms with van der Waals surface area (Å²) in [6, 6.07) is 6.22. The van der Waals surface area contributed by atoms with Crippen LogP contribution in [0, 0.1) is 0 Å². The van der Waals surface area contributed by atoms with Gasteiger partial charge in [0.2, 0.25) is 5.91 Å². The maximum atomic E-state index is 12.6. The van der Waals surface area contributed by atoms with Gasteiger partial charge in [-0.15, -0.1) is 25.6 Å². The molecule has 8 heteroatoms. The van der Waals surface area contributed by atoms with Gasteiger partial charge in [0.25, 0.3) is 0 Å². The summed E-state index contributed by atoms with van der Waals surface area (Å²) in [6.07, 6.45) is -1.62. The Morgan fingerprint density at radius 3 is 2.54 bits per heavy atom. The predicted molar refractivity (Wildman–Crippen MR) is 96.6 cm³/mol. The van der Waals surface area contributed by atoms with Crippen molar-refractivity contribution in [1.29, 1.82) is 0 Å². The average Bonchev–Trinajstić information content (AvgIpc) is 2.58. The van der Waals surface area contributed by atoms with Crippen molar-refractivity contribution in [2.75, 3.05) is 19.6 Å². The van der Waals surface area contributed by atoms with Crippen LogP contribution >= 0.6 is 12.4 Å². The third-order valence-electron chi connectivity index (χ3n) is 4.34. The van der Waals surface area contributed by atoms with Crippen LogP contribution in [0.15, 0.2) is 24.3 Å². The lowest BCUT2D eigenvalue weighted by molar-refractivity contribution is -0.274. The van der Waals surface area contributed by atoms with E-state index in [1.807, 2.05) is 11.8 Å². The summed E-state index contributed by atoms with van der Waals surface area (Å²) in [7, 11) is 0. The number of hydrogen-bond donors (Lipinski definition) is 1. The summed E-state index contributed by atoms with van der Waals surface area (Å²) in [6.45, 7) is 4.48. The van der Waals surface area contributed by atoms with Crippen LogP contribution in [0.5, 0.6) is 5.75 Å². The van der Waals surface area contributed by atoms with E-state index >= 15 is 0 Å². The highest BCUT2D eigenvalue weighted by atomic mass is 35.5. The van der Waals surface area contributed by atoms with Gasteiger partial charge in [0.1, 0.15) is 5.75 Å². The molecule has 1 saturated heterocycles. The molecular weight excluding hydrogens is 369 g/mol. The molecule has 1 heterocycles. The van der Waals surface area contributed by atoms with Gasteiger partial charge in [-0.1, -0.05) is 25.1 Å². The lowest BCUT2D eigenvalue weighted by Gasteiger charge is -2.34. The molecular formula is C18H26ClF3N2O2. The van der Waals surface area contributed by atoms with Crippen molar-refractivity contribution < 1.29 is 22.7 Å². The van der Waals surface area contributed by atoms with E-state index in [0.29, 0.717) is 12.1 Å². The lowest BCUT2D eigenvalue weighted by Crippen LogP contribution is -2.46. The van der Waals surface area contributed by atoms with E-state index in [4.69, 9.17) is 0 Å². The van der Waals surface area contributed by atoms with E-state index < -0.39 is 6.36 Å². The largest absolute Gasteiger partial charge is 0.573 e. The van der Waals surface area contributed by atoms with Crippen molar-refractivity contribution in [2.45, 2.75) is 51.4 Å². The molecule has 4 nitrogen and oxygen atoms in total. The number of carbonyl (C=O) groups is 1. The fourth-order valence-electron chi connectivity index (χ4n) is 3.19. The Bertz CT molecular complexity index is 564. The van der Waals surface area contributed by atoms with Gasteiger partial charge in [0.05, 0.1) is 0 Å². The molecule has 1 N–H and O–H groups in total. The van der Waals surface area contributed by atoms with Gasteiger partial charge < -0.3 is 15.0 Å². The van der Waals surface area contributed by atoms with Crippen LogP contribution in [0.4, 0.5) is 13.2 Å². The van der Waals surface area contributed by atoms with E-state index in [-0.39, 0.29) is 42.9 Å². The summed E-state index contributed by atoms with van der Waals surface area (Å²) in [4.78, 5) is 14.5. The van der Waals surface area contributed by atoms with Gasteiger partial charge in [-0.2, -0.15) is 0 Å². The van der Waals surface area contributed by atoms with Gasteiger partial charge in [-0.3, -0.25) is 4.79 Å². The number of nitrogens with zero attached hydrogens (tertiary/aromatic N) is 1. The number of ether oxygens (including phenoxy) is 1. The average molecular weight is 395 g/mol. The molecule has 1 amide bonds. The van der Waals surface area contributed by atoms with Crippen molar-refractivity contribution in [3.8, 4) is 5.75 Å². The number of amides is 1. The number of piperidine rings is 1. The van der Waals surface area contributed by atoms with Crippen LogP contribution in [0.2, 0.25) is 0 Å². The predicted octanol–water partition coefficient (Wildman–Crippen LogP) is 3.93. The molecule has 0 aromatic heterocycles. The zero-order chi connectivity index (χ0) is 18.3. The second-order valence-corrected chi connectivity index (χ2v) is 6.22. The second-order valence-electron chi connectivity index (χ2n) is 6.22.